The molecule has 0 spiro atoms. The average Bonchev–Trinajstić information content (AvgIpc) is 3.26. The summed E-state index contributed by atoms with van der Waals surface area (Å²) >= 11 is 0. The molecule has 2 amide bonds. The summed E-state index contributed by atoms with van der Waals surface area (Å²) in [5.74, 6) is -3.30. The van der Waals surface area contributed by atoms with E-state index in [-0.39, 0.29) is 5.91 Å². The molecular formula is C27H28FN3O5. The van der Waals surface area contributed by atoms with Crippen LogP contribution >= 0.6 is 0 Å². The van der Waals surface area contributed by atoms with Gasteiger partial charge in [-0.05, 0) is 30.9 Å². The molecule has 1 saturated heterocycles. The largest absolute Gasteiger partial charge is 0.481 e. The number of carboxylic acid groups (broad SMARTS) is 1. The molecular weight excluding hydrogens is 465 g/mol. The number of hydrogen-bond donors (Lipinski definition) is 2. The van der Waals surface area contributed by atoms with E-state index >= 15 is 0 Å². The van der Waals surface area contributed by atoms with E-state index in [0.29, 0.717) is 37.9 Å². The minimum atomic E-state index is -1.48. The van der Waals surface area contributed by atoms with Crippen molar-refractivity contribution in [3.63, 3.8) is 0 Å². The summed E-state index contributed by atoms with van der Waals surface area (Å²) < 4.78 is 15.0. The molecule has 1 fully saturated rings. The standard InChI is InChI=1S/C27H28FN3O5/c28-15-24(32)21(14-25(33)34)29-26(35)23-12-6-7-13-31(23)27(36)20-17-30(16-18-8-2-1-3-9-18)22-11-5-4-10-19(20)22/h1-5,8-11,17,21,23H,6-7,12-16H2,(H,29,35)(H,33,34)/t21?,23-/m0/s1. The van der Waals surface area contributed by atoms with Crippen molar-refractivity contribution in [2.75, 3.05) is 13.2 Å². The van der Waals surface area contributed by atoms with Crippen LogP contribution < -0.4 is 5.32 Å². The Bertz CT molecular complexity index is 1270. The van der Waals surface area contributed by atoms with Gasteiger partial charge in [0, 0.05) is 30.2 Å². The van der Waals surface area contributed by atoms with Crippen LogP contribution in [0.4, 0.5) is 4.39 Å². The number of nitrogens with one attached hydrogen (secondary N) is 1. The number of carboxylic acids is 1. The number of aromatic nitrogens is 1. The van der Waals surface area contributed by atoms with Gasteiger partial charge in [0.1, 0.15) is 18.8 Å². The van der Waals surface area contributed by atoms with Crippen molar-refractivity contribution in [2.45, 2.75) is 44.3 Å². The fraction of sp³-hybridized carbons (Fsp3) is 0.333. The number of carbonyl (C=O) groups excluding carboxylic acids is 3. The molecule has 8 nitrogen and oxygen atoms in total. The maximum Gasteiger partial charge on any atom is 0.305 e. The zero-order valence-corrected chi connectivity index (χ0v) is 19.7. The van der Waals surface area contributed by atoms with Gasteiger partial charge in [-0.25, -0.2) is 4.39 Å². The number of alkyl halides is 1. The molecule has 2 aromatic carbocycles. The van der Waals surface area contributed by atoms with Crippen molar-refractivity contribution < 1.29 is 28.7 Å². The highest BCUT2D eigenvalue weighted by Crippen LogP contribution is 2.27. The van der Waals surface area contributed by atoms with Crippen LogP contribution in [0.3, 0.4) is 0 Å². The summed E-state index contributed by atoms with van der Waals surface area (Å²) in [7, 11) is 0. The number of aliphatic carboxylic acids is 1. The Hall–Kier alpha value is -4.01. The Morgan fingerprint density at radius 3 is 2.47 bits per heavy atom. The van der Waals surface area contributed by atoms with Gasteiger partial charge < -0.3 is 19.9 Å². The van der Waals surface area contributed by atoms with E-state index in [4.69, 9.17) is 5.11 Å². The predicted octanol–water partition coefficient (Wildman–Crippen LogP) is 3.18. The minimum Gasteiger partial charge on any atom is -0.481 e. The quantitative estimate of drug-likeness (QED) is 0.476. The maximum atomic E-state index is 13.8. The van der Waals surface area contributed by atoms with Gasteiger partial charge >= 0.3 is 5.97 Å². The lowest BCUT2D eigenvalue weighted by molar-refractivity contribution is -0.140. The predicted molar refractivity (Wildman–Crippen MR) is 131 cm³/mol. The molecule has 188 valence electrons. The Morgan fingerprint density at radius 2 is 1.75 bits per heavy atom. The topological polar surface area (TPSA) is 109 Å². The summed E-state index contributed by atoms with van der Waals surface area (Å²) in [6, 6.07) is 15.1. The van der Waals surface area contributed by atoms with E-state index in [2.05, 4.69) is 5.32 Å². The van der Waals surface area contributed by atoms with Crippen LogP contribution in [0.25, 0.3) is 10.9 Å². The molecule has 36 heavy (non-hydrogen) atoms. The fourth-order valence-corrected chi connectivity index (χ4v) is 4.71. The summed E-state index contributed by atoms with van der Waals surface area (Å²) in [4.78, 5) is 51.3. The van der Waals surface area contributed by atoms with E-state index in [0.717, 1.165) is 16.5 Å². The number of hydrogen-bond acceptors (Lipinski definition) is 4. The second kappa shape index (κ2) is 11.2. The molecule has 1 aromatic heterocycles. The van der Waals surface area contributed by atoms with Gasteiger partial charge in [0.2, 0.25) is 5.91 Å². The number of halogens is 1. The second-order valence-corrected chi connectivity index (χ2v) is 8.94. The van der Waals surface area contributed by atoms with Crippen molar-refractivity contribution in [1.29, 1.82) is 0 Å². The molecule has 1 aliphatic rings. The van der Waals surface area contributed by atoms with Gasteiger partial charge in [-0.1, -0.05) is 48.5 Å². The molecule has 2 N–H and O–H groups in total. The van der Waals surface area contributed by atoms with Crippen LogP contribution in [0.2, 0.25) is 0 Å². The highest BCUT2D eigenvalue weighted by Gasteiger charge is 2.36. The van der Waals surface area contributed by atoms with Crippen LogP contribution in [0.1, 0.15) is 41.6 Å². The lowest BCUT2D eigenvalue weighted by atomic mass is 9.99. The zero-order valence-electron chi connectivity index (χ0n) is 19.7. The number of rotatable bonds is 9. The minimum absolute atomic E-state index is 0.315. The smallest absolute Gasteiger partial charge is 0.305 e. The van der Waals surface area contributed by atoms with Gasteiger partial charge in [0.05, 0.1) is 12.0 Å². The van der Waals surface area contributed by atoms with Gasteiger partial charge in [-0.2, -0.15) is 0 Å². The normalized spacial score (nSPS) is 16.5. The third kappa shape index (κ3) is 5.45. The van der Waals surface area contributed by atoms with Crippen molar-refractivity contribution >= 4 is 34.5 Å². The fourth-order valence-electron chi connectivity index (χ4n) is 4.71. The van der Waals surface area contributed by atoms with E-state index < -0.39 is 42.8 Å². The van der Waals surface area contributed by atoms with E-state index in [1.165, 1.54) is 4.90 Å². The number of amides is 2. The molecule has 0 aliphatic carbocycles. The van der Waals surface area contributed by atoms with Crippen molar-refractivity contribution in [3.05, 3.63) is 71.9 Å². The number of carbonyl (C=O) groups is 4. The van der Waals surface area contributed by atoms with Gasteiger partial charge in [-0.3, -0.25) is 19.2 Å². The molecule has 1 unspecified atom stereocenters. The van der Waals surface area contributed by atoms with E-state index in [1.54, 1.807) is 6.20 Å². The summed E-state index contributed by atoms with van der Waals surface area (Å²) in [5, 5.41) is 12.2. The Labute approximate surface area is 207 Å². The SMILES string of the molecule is O=C(O)CC(NC(=O)[C@@H]1CCCCN1C(=O)c1cn(Cc2ccccc2)c2ccccc12)C(=O)CF. The molecule has 0 bridgehead atoms. The summed E-state index contributed by atoms with van der Waals surface area (Å²) in [6.07, 6.45) is 2.84. The molecule has 1 aliphatic heterocycles. The van der Waals surface area contributed by atoms with Crippen LogP contribution in [-0.2, 0) is 20.9 Å². The Morgan fingerprint density at radius 1 is 1.03 bits per heavy atom. The molecule has 2 atom stereocenters. The number of likely N-dealkylation sites (tertiary alicyclic amines) is 1. The number of benzene rings is 2. The number of piperidine rings is 1. The first-order valence-electron chi connectivity index (χ1n) is 11.9. The summed E-state index contributed by atoms with van der Waals surface area (Å²) in [6.45, 7) is -0.469. The first-order valence-corrected chi connectivity index (χ1v) is 11.9. The lowest BCUT2D eigenvalue weighted by Gasteiger charge is -2.35. The Kier molecular flexibility index (Phi) is 7.77. The lowest BCUT2D eigenvalue weighted by Crippen LogP contribution is -2.55. The van der Waals surface area contributed by atoms with Gasteiger partial charge in [0.15, 0.2) is 5.78 Å². The first kappa shape index (κ1) is 25.1. The average molecular weight is 494 g/mol. The monoisotopic (exact) mass is 493 g/mol. The molecule has 0 radical (unpaired) electrons. The van der Waals surface area contributed by atoms with E-state index in [9.17, 15) is 23.6 Å². The van der Waals surface area contributed by atoms with Crippen molar-refractivity contribution in [1.82, 2.24) is 14.8 Å². The third-order valence-electron chi connectivity index (χ3n) is 6.50. The number of nitrogens with zero attached hydrogens (tertiary/aromatic N) is 2. The van der Waals surface area contributed by atoms with Crippen LogP contribution in [0, 0.1) is 0 Å². The summed E-state index contributed by atoms with van der Waals surface area (Å²) in [5.41, 5.74) is 2.43. The van der Waals surface area contributed by atoms with E-state index in [1.807, 2.05) is 59.2 Å². The molecule has 4 rings (SSSR count). The van der Waals surface area contributed by atoms with Crippen LogP contribution in [0.5, 0.6) is 0 Å². The van der Waals surface area contributed by atoms with Crippen LogP contribution in [0.15, 0.2) is 60.8 Å². The number of para-hydroxylation sites is 1. The molecule has 3 aromatic rings. The first-order chi connectivity index (χ1) is 17.4. The highest BCUT2D eigenvalue weighted by molar-refractivity contribution is 6.08. The van der Waals surface area contributed by atoms with Crippen LogP contribution in [-0.4, -0.2) is 63.4 Å². The molecule has 9 heteroatoms. The zero-order chi connectivity index (χ0) is 25.7. The number of fused-ring (bicyclic) bond motifs is 1. The third-order valence-corrected chi connectivity index (χ3v) is 6.50. The van der Waals surface area contributed by atoms with Gasteiger partial charge in [0.25, 0.3) is 5.91 Å². The number of ketones is 1. The van der Waals surface area contributed by atoms with Crippen molar-refractivity contribution in [2.24, 2.45) is 0 Å². The molecule has 0 saturated carbocycles. The Balaban J connectivity index is 1.61. The van der Waals surface area contributed by atoms with Gasteiger partial charge in [-0.15, -0.1) is 0 Å². The molecule has 2 heterocycles. The number of Topliss-reactive ketones (excluding diaryl/α,β-unsaturated/α-hetero) is 1. The van der Waals surface area contributed by atoms with Crippen molar-refractivity contribution in [3.8, 4) is 0 Å². The second-order valence-electron chi connectivity index (χ2n) is 8.94. The highest BCUT2D eigenvalue weighted by atomic mass is 19.1. The maximum absolute atomic E-state index is 13.8.